The summed E-state index contributed by atoms with van der Waals surface area (Å²) in [6.07, 6.45) is 1.74. The number of nitrogens with zero attached hydrogens (tertiary/aromatic N) is 2. The van der Waals surface area contributed by atoms with Crippen LogP contribution in [0.1, 0.15) is 12.5 Å². The molecular formula is C13H15BrN4. The molecule has 0 saturated carbocycles. The summed E-state index contributed by atoms with van der Waals surface area (Å²) in [7, 11) is 0. The van der Waals surface area contributed by atoms with Crippen LogP contribution in [0.5, 0.6) is 0 Å². The zero-order chi connectivity index (χ0) is 13.0. The summed E-state index contributed by atoms with van der Waals surface area (Å²) in [5, 5.41) is 6.36. The van der Waals surface area contributed by atoms with Gasteiger partial charge in [0, 0.05) is 18.4 Å². The van der Waals surface area contributed by atoms with Crippen molar-refractivity contribution in [1.82, 2.24) is 9.97 Å². The Morgan fingerprint density at radius 3 is 2.89 bits per heavy atom. The Kier molecular flexibility index (Phi) is 4.15. The summed E-state index contributed by atoms with van der Waals surface area (Å²) in [4.78, 5) is 8.59. The highest BCUT2D eigenvalue weighted by Gasteiger charge is 2.05. The standard InChI is InChI=1S/C13H15BrN4/c1-3-15-13-16-8-11(14)12(18-13)17-10-6-4-5-9(2)7-10/h4-8H,3H2,1-2H3,(H2,15,16,17,18). The third-order valence-corrected chi connectivity index (χ3v) is 2.94. The van der Waals surface area contributed by atoms with E-state index in [9.17, 15) is 0 Å². The molecule has 0 bridgehead atoms. The number of aromatic nitrogens is 2. The van der Waals surface area contributed by atoms with Gasteiger partial charge in [0.25, 0.3) is 0 Å². The molecule has 2 rings (SSSR count). The van der Waals surface area contributed by atoms with Gasteiger partial charge in [-0.15, -0.1) is 0 Å². The first-order chi connectivity index (χ1) is 8.69. The Bertz CT molecular complexity index is 542. The third kappa shape index (κ3) is 3.20. The first-order valence-electron chi connectivity index (χ1n) is 5.79. The summed E-state index contributed by atoms with van der Waals surface area (Å²) in [5.74, 6) is 1.38. The normalized spacial score (nSPS) is 10.2. The Balaban J connectivity index is 2.25. The van der Waals surface area contributed by atoms with E-state index in [0.29, 0.717) is 5.95 Å². The van der Waals surface area contributed by atoms with E-state index in [2.05, 4.69) is 55.6 Å². The molecule has 1 aromatic heterocycles. The van der Waals surface area contributed by atoms with Crippen LogP contribution in [-0.2, 0) is 0 Å². The number of halogens is 1. The van der Waals surface area contributed by atoms with Gasteiger partial charge in [-0.05, 0) is 47.5 Å². The van der Waals surface area contributed by atoms with Crippen LogP contribution in [0, 0.1) is 6.92 Å². The van der Waals surface area contributed by atoms with E-state index in [1.54, 1.807) is 6.20 Å². The maximum absolute atomic E-state index is 4.41. The van der Waals surface area contributed by atoms with Gasteiger partial charge in [0.1, 0.15) is 5.82 Å². The number of hydrogen-bond donors (Lipinski definition) is 2. The highest BCUT2D eigenvalue weighted by Crippen LogP contribution is 2.24. The van der Waals surface area contributed by atoms with E-state index >= 15 is 0 Å². The van der Waals surface area contributed by atoms with E-state index in [0.717, 1.165) is 22.5 Å². The minimum absolute atomic E-state index is 0.621. The fourth-order valence-corrected chi connectivity index (χ4v) is 1.85. The molecule has 0 unspecified atom stereocenters. The molecule has 94 valence electrons. The lowest BCUT2D eigenvalue weighted by atomic mass is 10.2. The predicted molar refractivity (Wildman–Crippen MR) is 78.4 cm³/mol. The van der Waals surface area contributed by atoms with Crippen LogP contribution in [0.2, 0.25) is 0 Å². The molecule has 18 heavy (non-hydrogen) atoms. The maximum atomic E-state index is 4.41. The number of benzene rings is 1. The summed E-state index contributed by atoms with van der Waals surface area (Å²) in [5.41, 5.74) is 2.22. The lowest BCUT2D eigenvalue weighted by Gasteiger charge is -2.09. The zero-order valence-corrected chi connectivity index (χ0v) is 12.0. The van der Waals surface area contributed by atoms with E-state index in [4.69, 9.17) is 0 Å². The Hall–Kier alpha value is -1.62. The molecule has 0 radical (unpaired) electrons. The number of rotatable bonds is 4. The van der Waals surface area contributed by atoms with Crippen LogP contribution in [0.25, 0.3) is 0 Å². The Labute approximate surface area is 115 Å². The van der Waals surface area contributed by atoms with E-state index < -0.39 is 0 Å². The van der Waals surface area contributed by atoms with Crippen LogP contribution in [-0.4, -0.2) is 16.5 Å². The molecule has 0 aliphatic rings. The fourth-order valence-electron chi connectivity index (χ4n) is 1.56. The zero-order valence-electron chi connectivity index (χ0n) is 10.4. The van der Waals surface area contributed by atoms with Gasteiger partial charge in [-0.3, -0.25) is 0 Å². The second kappa shape index (κ2) is 5.82. The van der Waals surface area contributed by atoms with Gasteiger partial charge in [-0.25, -0.2) is 4.98 Å². The summed E-state index contributed by atoms with van der Waals surface area (Å²) in [6.45, 7) is 4.87. The van der Waals surface area contributed by atoms with Crippen molar-refractivity contribution in [3.05, 3.63) is 40.5 Å². The lowest BCUT2D eigenvalue weighted by Crippen LogP contribution is -2.04. The van der Waals surface area contributed by atoms with Crippen molar-refractivity contribution in [2.75, 3.05) is 17.2 Å². The van der Waals surface area contributed by atoms with Crippen LogP contribution in [0.15, 0.2) is 34.9 Å². The molecular weight excluding hydrogens is 292 g/mol. The number of nitrogens with one attached hydrogen (secondary N) is 2. The smallest absolute Gasteiger partial charge is 0.224 e. The molecule has 0 spiro atoms. The molecule has 0 amide bonds. The molecule has 5 heteroatoms. The van der Waals surface area contributed by atoms with Gasteiger partial charge in [-0.1, -0.05) is 12.1 Å². The topological polar surface area (TPSA) is 49.8 Å². The van der Waals surface area contributed by atoms with Crippen LogP contribution < -0.4 is 10.6 Å². The van der Waals surface area contributed by atoms with Crippen molar-refractivity contribution in [2.45, 2.75) is 13.8 Å². The van der Waals surface area contributed by atoms with Crippen molar-refractivity contribution in [2.24, 2.45) is 0 Å². The van der Waals surface area contributed by atoms with Crippen LogP contribution in [0.4, 0.5) is 17.5 Å². The van der Waals surface area contributed by atoms with Crippen LogP contribution >= 0.6 is 15.9 Å². The average molecular weight is 307 g/mol. The number of aryl methyl sites for hydroxylation is 1. The molecule has 1 heterocycles. The van der Waals surface area contributed by atoms with Crippen molar-refractivity contribution in [3.63, 3.8) is 0 Å². The van der Waals surface area contributed by atoms with E-state index in [-0.39, 0.29) is 0 Å². The highest BCUT2D eigenvalue weighted by atomic mass is 79.9. The van der Waals surface area contributed by atoms with Crippen LogP contribution in [0.3, 0.4) is 0 Å². The van der Waals surface area contributed by atoms with Crippen molar-refractivity contribution < 1.29 is 0 Å². The maximum Gasteiger partial charge on any atom is 0.224 e. The second-order valence-corrected chi connectivity index (χ2v) is 4.77. The second-order valence-electron chi connectivity index (χ2n) is 3.91. The third-order valence-electron chi connectivity index (χ3n) is 2.36. The van der Waals surface area contributed by atoms with Gasteiger partial charge in [0.15, 0.2) is 0 Å². The summed E-state index contributed by atoms with van der Waals surface area (Å²) < 4.78 is 0.839. The molecule has 2 N–H and O–H groups in total. The van der Waals surface area contributed by atoms with Gasteiger partial charge in [-0.2, -0.15) is 4.98 Å². The van der Waals surface area contributed by atoms with Crippen molar-refractivity contribution in [3.8, 4) is 0 Å². The first-order valence-corrected chi connectivity index (χ1v) is 6.58. The minimum Gasteiger partial charge on any atom is -0.354 e. The van der Waals surface area contributed by atoms with Crippen molar-refractivity contribution >= 4 is 33.4 Å². The Morgan fingerprint density at radius 2 is 2.17 bits per heavy atom. The Morgan fingerprint density at radius 1 is 1.33 bits per heavy atom. The highest BCUT2D eigenvalue weighted by molar-refractivity contribution is 9.10. The quantitative estimate of drug-likeness (QED) is 0.904. The molecule has 0 aliphatic heterocycles. The fraction of sp³-hybridized carbons (Fsp3) is 0.231. The van der Waals surface area contributed by atoms with Gasteiger partial charge >= 0.3 is 0 Å². The molecule has 4 nitrogen and oxygen atoms in total. The SMILES string of the molecule is CCNc1ncc(Br)c(Nc2cccc(C)c2)n1. The minimum atomic E-state index is 0.621. The van der Waals surface area contributed by atoms with Gasteiger partial charge < -0.3 is 10.6 Å². The van der Waals surface area contributed by atoms with E-state index in [1.807, 2.05) is 19.1 Å². The molecule has 2 aromatic rings. The van der Waals surface area contributed by atoms with Gasteiger partial charge in [0.2, 0.25) is 5.95 Å². The first kappa shape index (κ1) is 12.8. The molecule has 0 saturated heterocycles. The average Bonchev–Trinajstić information content (AvgIpc) is 2.34. The number of hydrogen-bond acceptors (Lipinski definition) is 4. The monoisotopic (exact) mass is 306 g/mol. The number of anilines is 3. The molecule has 0 fully saturated rings. The van der Waals surface area contributed by atoms with E-state index in [1.165, 1.54) is 5.56 Å². The summed E-state index contributed by atoms with van der Waals surface area (Å²) in [6, 6.07) is 8.15. The lowest BCUT2D eigenvalue weighted by molar-refractivity contribution is 1.08. The molecule has 0 atom stereocenters. The van der Waals surface area contributed by atoms with Crippen molar-refractivity contribution in [1.29, 1.82) is 0 Å². The molecule has 0 aliphatic carbocycles. The molecule has 1 aromatic carbocycles. The van der Waals surface area contributed by atoms with Gasteiger partial charge in [0.05, 0.1) is 4.47 Å². The predicted octanol–water partition coefficient (Wildman–Crippen LogP) is 3.72. The summed E-state index contributed by atoms with van der Waals surface area (Å²) >= 11 is 3.44. The largest absolute Gasteiger partial charge is 0.354 e.